The average Bonchev–Trinajstić information content (AvgIpc) is 3.04. The smallest absolute Gasteiger partial charge is 1.00 e. The number of carboxylic acid groups (broad SMARTS) is 1. The van der Waals surface area contributed by atoms with Crippen molar-refractivity contribution in [3.05, 3.63) is 32.0 Å². The van der Waals surface area contributed by atoms with Crippen molar-refractivity contribution in [2.75, 3.05) is 18.0 Å². The number of H-pyrrole nitrogens is 1. The van der Waals surface area contributed by atoms with E-state index in [2.05, 4.69) is 20.2 Å². The van der Waals surface area contributed by atoms with Gasteiger partial charge < -0.3 is 21.7 Å². The second-order valence-corrected chi connectivity index (χ2v) is 9.05. The third-order valence-electron chi connectivity index (χ3n) is 5.41. The standard InChI is InChI=1S/C18H20Cl2N4O3S.Li.H/c1-3-4-10-15(17(26)27)28-18(22-10)24-5-8-9(6-24)13(8)23-16(25)14-12(20)11(19)7(2)21-14;;/h8-9,13,21H,3-6H2,1-2H3,(H,23,25)(H,26,27);;/q;+1;-1/t8-,9+,13?;;. The van der Waals surface area contributed by atoms with Crippen molar-refractivity contribution >= 4 is 51.5 Å². The SMILES string of the molecule is CCCc1nc(N2C[C@@H]3C(NC(=O)c4[nH]c(C)c(Cl)c4Cl)[C@@H]3C2)sc1C(=O)O.[H-].[Li+]. The Kier molecular flexibility index (Phi) is 6.61. The van der Waals surface area contributed by atoms with E-state index in [1.165, 1.54) is 11.3 Å². The molecule has 0 bridgehead atoms. The number of nitrogens with zero attached hydrogens (tertiary/aromatic N) is 2. The summed E-state index contributed by atoms with van der Waals surface area (Å²) in [5.41, 5.74) is 1.62. The molecule has 7 nitrogen and oxygen atoms in total. The van der Waals surface area contributed by atoms with E-state index in [1.807, 2.05) is 6.92 Å². The second kappa shape index (κ2) is 8.52. The van der Waals surface area contributed by atoms with Crippen LogP contribution in [0.4, 0.5) is 5.13 Å². The van der Waals surface area contributed by atoms with Gasteiger partial charge in [-0.05, 0) is 13.3 Å². The van der Waals surface area contributed by atoms with E-state index in [9.17, 15) is 14.7 Å². The topological polar surface area (TPSA) is 98.3 Å². The van der Waals surface area contributed by atoms with Crippen molar-refractivity contribution in [2.24, 2.45) is 11.8 Å². The summed E-state index contributed by atoms with van der Waals surface area (Å²) in [6.07, 6.45) is 1.52. The van der Waals surface area contributed by atoms with Gasteiger partial charge in [-0.3, -0.25) is 4.79 Å². The van der Waals surface area contributed by atoms with Crippen molar-refractivity contribution < 1.29 is 35.0 Å². The van der Waals surface area contributed by atoms with Crippen LogP contribution in [0.15, 0.2) is 0 Å². The number of hydrogen-bond acceptors (Lipinski definition) is 5. The number of anilines is 1. The second-order valence-electron chi connectivity index (χ2n) is 7.31. The van der Waals surface area contributed by atoms with Crippen LogP contribution in [0.3, 0.4) is 0 Å². The molecule has 152 valence electrons. The Morgan fingerprint density at radius 2 is 2.00 bits per heavy atom. The number of aromatic nitrogens is 2. The number of fused-ring (bicyclic) bond motifs is 1. The van der Waals surface area contributed by atoms with Crippen LogP contribution in [0.1, 0.15) is 46.3 Å². The number of carbonyl (C=O) groups excluding carboxylic acids is 1. The molecule has 3 atom stereocenters. The van der Waals surface area contributed by atoms with Gasteiger partial charge >= 0.3 is 24.8 Å². The van der Waals surface area contributed by atoms with E-state index in [4.69, 9.17) is 23.2 Å². The normalized spacial score (nSPS) is 22.2. The minimum atomic E-state index is -0.918. The first-order chi connectivity index (χ1) is 13.3. The number of piperidine rings is 1. The van der Waals surface area contributed by atoms with E-state index < -0.39 is 5.97 Å². The maximum atomic E-state index is 12.5. The largest absolute Gasteiger partial charge is 1.00 e. The maximum absolute atomic E-state index is 12.5. The van der Waals surface area contributed by atoms with Crippen LogP contribution < -0.4 is 29.1 Å². The molecule has 0 aromatic carbocycles. The first-order valence-corrected chi connectivity index (χ1v) is 10.7. The van der Waals surface area contributed by atoms with E-state index in [1.54, 1.807) is 6.92 Å². The molecule has 1 saturated carbocycles. The van der Waals surface area contributed by atoms with E-state index in [0.717, 1.165) is 24.6 Å². The van der Waals surface area contributed by atoms with Crippen LogP contribution in [-0.2, 0) is 6.42 Å². The van der Waals surface area contributed by atoms with Crippen LogP contribution in [0.25, 0.3) is 0 Å². The Hall–Kier alpha value is -1.17. The number of aryl methyl sites for hydroxylation is 2. The molecule has 2 aromatic rings. The molecule has 29 heavy (non-hydrogen) atoms. The molecule has 11 heteroatoms. The molecule has 1 unspecified atom stereocenters. The predicted octanol–water partition coefficient (Wildman–Crippen LogP) is 0.718. The van der Waals surface area contributed by atoms with E-state index >= 15 is 0 Å². The van der Waals surface area contributed by atoms with Gasteiger partial charge in [0, 0.05) is 36.7 Å². The molecule has 1 aliphatic heterocycles. The summed E-state index contributed by atoms with van der Waals surface area (Å²) in [6, 6.07) is 0.0937. The number of thiazole rings is 1. The summed E-state index contributed by atoms with van der Waals surface area (Å²) in [5, 5.41) is 13.8. The number of carbonyl (C=O) groups is 2. The fraction of sp³-hybridized carbons (Fsp3) is 0.500. The van der Waals surface area contributed by atoms with Gasteiger partial charge in [0.2, 0.25) is 0 Å². The summed E-state index contributed by atoms with van der Waals surface area (Å²) in [4.78, 5) is 33.9. The van der Waals surface area contributed by atoms with Gasteiger partial charge in [-0.25, -0.2) is 9.78 Å². The molecule has 2 aromatic heterocycles. The maximum Gasteiger partial charge on any atom is 1.00 e. The van der Waals surface area contributed by atoms with E-state index in [0.29, 0.717) is 45.2 Å². The van der Waals surface area contributed by atoms with Crippen LogP contribution in [-0.4, -0.2) is 46.1 Å². The molecule has 3 heterocycles. The number of carboxylic acids is 1. The Labute approximate surface area is 195 Å². The zero-order chi connectivity index (χ0) is 20.2. The van der Waals surface area contributed by atoms with Crippen molar-refractivity contribution in [3.8, 4) is 0 Å². The minimum absolute atomic E-state index is 0. The monoisotopic (exact) mass is 450 g/mol. The average molecular weight is 451 g/mol. The fourth-order valence-corrected chi connectivity index (χ4v) is 5.28. The van der Waals surface area contributed by atoms with Crippen LogP contribution in [0.5, 0.6) is 0 Å². The summed E-state index contributed by atoms with van der Waals surface area (Å²) in [6.45, 7) is 5.28. The number of halogens is 2. The minimum Gasteiger partial charge on any atom is -1.00 e. The van der Waals surface area contributed by atoms with Gasteiger partial charge in [0.1, 0.15) is 10.6 Å². The summed E-state index contributed by atoms with van der Waals surface area (Å²) >= 11 is 13.4. The van der Waals surface area contributed by atoms with Gasteiger partial charge in [-0.1, -0.05) is 47.9 Å². The zero-order valence-corrected chi connectivity index (χ0v) is 18.7. The quantitative estimate of drug-likeness (QED) is 0.563. The molecule has 2 aliphatic rings. The zero-order valence-electron chi connectivity index (χ0n) is 17.4. The van der Waals surface area contributed by atoms with Crippen LogP contribution in [0, 0.1) is 18.8 Å². The Morgan fingerprint density at radius 3 is 2.52 bits per heavy atom. The van der Waals surface area contributed by atoms with Crippen molar-refractivity contribution in [1.82, 2.24) is 15.3 Å². The third kappa shape index (κ3) is 4.06. The van der Waals surface area contributed by atoms with Gasteiger partial charge in [0.05, 0.1) is 15.7 Å². The van der Waals surface area contributed by atoms with Crippen LogP contribution in [0.2, 0.25) is 10.0 Å². The predicted molar refractivity (Wildman–Crippen MR) is 110 cm³/mol. The van der Waals surface area contributed by atoms with Crippen molar-refractivity contribution in [3.63, 3.8) is 0 Å². The Balaban J connectivity index is 0.00000160. The first-order valence-electron chi connectivity index (χ1n) is 9.14. The van der Waals surface area contributed by atoms with Crippen LogP contribution >= 0.6 is 34.5 Å². The molecule has 2 fully saturated rings. The van der Waals surface area contributed by atoms with Gasteiger partial charge in [-0.15, -0.1) is 0 Å². The number of hydrogen-bond donors (Lipinski definition) is 3. The Bertz CT molecular complexity index is 958. The number of nitrogens with one attached hydrogen (secondary N) is 2. The molecule has 0 radical (unpaired) electrons. The molecule has 0 spiro atoms. The third-order valence-corrected chi connectivity index (χ3v) is 7.50. The van der Waals surface area contributed by atoms with Gasteiger partial charge in [-0.2, -0.15) is 0 Å². The molecule has 4 rings (SSSR count). The molecular weight excluding hydrogens is 430 g/mol. The summed E-state index contributed by atoms with van der Waals surface area (Å²) in [7, 11) is 0. The van der Waals surface area contributed by atoms with Gasteiger partial charge in [0.25, 0.3) is 5.91 Å². The summed E-state index contributed by atoms with van der Waals surface area (Å²) in [5.74, 6) is -0.501. The van der Waals surface area contributed by atoms with E-state index in [-0.39, 0.29) is 37.3 Å². The Morgan fingerprint density at radius 1 is 1.34 bits per heavy atom. The molecular formula is C18H21Cl2LiN4O3S. The van der Waals surface area contributed by atoms with Crippen molar-refractivity contribution in [1.29, 1.82) is 0 Å². The molecule has 1 saturated heterocycles. The molecule has 1 aliphatic carbocycles. The summed E-state index contributed by atoms with van der Waals surface area (Å²) < 4.78 is 0. The first kappa shape index (κ1) is 22.5. The number of rotatable bonds is 6. The fourth-order valence-electron chi connectivity index (χ4n) is 3.90. The van der Waals surface area contributed by atoms with Crippen molar-refractivity contribution in [2.45, 2.75) is 32.7 Å². The molecule has 1 amide bonds. The molecule has 3 N–H and O–H groups in total. The van der Waals surface area contributed by atoms with Gasteiger partial charge in [0.15, 0.2) is 5.13 Å². The number of aromatic amines is 1. The number of amides is 1. The number of aromatic carboxylic acids is 1.